The number of halogens is 1. The number of carbonyl (C=O) groups is 1. The number of amides is 1. The van der Waals surface area contributed by atoms with Crippen molar-refractivity contribution in [2.45, 2.75) is 25.0 Å². The van der Waals surface area contributed by atoms with Crippen molar-refractivity contribution in [3.05, 3.63) is 22.8 Å². The lowest BCUT2D eigenvalue weighted by Gasteiger charge is -2.32. The van der Waals surface area contributed by atoms with E-state index in [9.17, 15) is 4.79 Å². The van der Waals surface area contributed by atoms with Gasteiger partial charge >= 0.3 is 0 Å². The van der Waals surface area contributed by atoms with Gasteiger partial charge in [-0.05, 0) is 25.0 Å². The van der Waals surface area contributed by atoms with Gasteiger partial charge in [-0.15, -0.1) is 0 Å². The molecule has 2 saturated heterocycles. The van der Waals surface area contributed by atoms with Gasteiger partial charge in [0.25, 0.3) is 5.91 Å². The fourth-order valence-corrected chi connectivity index (χ4v) is 2.72. The lowest BCUT2D eigenvalue weighted by molar-refractivity contribution is -0.0305. The van der Waals surface area contributed by atoms with Crippen LogP contribution in [-0.4, -0.2) is 41.1 Å². The third-order valence-electron chi connectivity index (χ3n) is 3.40. The number of hydrogen-bond acceptors (Lipinski definition) is 4. The van der Waals surface area contributed by atoms with Crippen molar-refractivity contribution in [1.82, 2.24) is 9.88 Å². The Kier molecular flexibility index (Phi) is 2.87. The summed E-state index contributed by atoms with van der Waals surface area (Å²) in [5.74, 6) is 0.145. The highest BCUT2D eigenvalue weighted by atomic mass is 35.5. The van der Waals surface area contributed by atoms with Crippen LogP contribution in [0.2, 0.25) is 5.02 Å². The summed E-state index contributed by atoms with van der Waals surface area (Å²) in [5.41, 5.74) is 5.83. The van der Waals surface area contributed by atoms with Crippen LogP contribution in [0.5, 0.6) is 0 Å². The molecule has 5 nitrogen and oxygen atoms in total. The maximum absolute atomic E-state index is 12.4. The summed E-state index contributed by atoms with van der Waals surface area (Å²) in [6.45, 7) is 1.23. The van der Waals surface area contributed by atoms with Gasteiger partial charge in [0.05, 0.1) is 17.2 Å². The second-order valence-electron chi connectivity index (χ2n) is 4.73. The molecule has 0 aromatic carbocycles. The molecule has 2 aliphatic heterocycles. The van der Waals surface area contributed by atoms with Gasteiger partial charge in [0.1, 0.15) is 11.5 Å². The fourth-order valence-electron chi connectivity index (χ4n) is 2.54. The molecule has 1 aromatic rings. The summed E-state index contributed by atoms with van der Waals surface area (Å²) >= 11 is 6.00. The molecular weight excluding hydrogens is 254 g/mol. The Hall–Kier alpha value is -1.33. The Morgan fingerprint density at radius 1 is 1.39 bits per heavy atom. The van der Waals surface area contributed by atoms with Gasteiger partial charge in [-0.1, -0.05) is 11.6 Å². The van der Waals surface area contributed by atoms with E-state index in [0.717, 1.165) is 12.8 Å². The molecular formula is C12H14ClN3O2. The second kappa shape index (κ2) is 4.40. The van der Waals surface area contributed by atoms with Crippen LogP contribution in [-0.2, 0) is 4.74 Å². The summed E-state index contributed by atoms with van der Waals surface area (Å²) in [6, 6.07) is 3.19. The number of nitrogens with two attached hydrogens (primary N) is 1. The first-order chi connectivity index (χ1) is 8.63. The van der Waals surface area contributed by atoms with Crippen LogP contribution in [0.25, 0.3) is 0 Å². The Labute approximate surface area is 110 Å². The number of carbonyl (C=O) groups excluding carboxylic acids is 1. The van der Waals surface area contributed by atoms with Gasteiger partial charge in [-0.2, -0.15) is 0 Å². The van der Waals surface area contributed by atoms with E-state index in [1.807, 2.05) is 0 Å². The predicted octanol–water partition coefficient (Wildman–Crippen LogP) is 1.32. The van der Waals surface area contributed by atoms with Crippen molar-refractivity contribution in [3.8, 4) is 0 Å². The van der Waals surface area contributed by atoms with Gasteiger partial charge in [-0.25, -0.2) is 4.98 Å². The van der Waals surface area contributed by atoms with Crippen molar-refractivity contribution < 1.29 is 9.53 Å². The number of nitrogen functional groups attached to an aromatic ring is 1. The molecule has 0 saturated carbocycles. The zero-order chi connectivity index (χ0) is 12.7. The standard InChI is InChI=1S/C12H14ClN3O2/c13-9-3-4-10(14)15-11(9)12(17)16-5-7-1-2-8(6-16)18-7/h3-4,7-8H,1-2,5-6H2,(H2,14,15). The molecule has 0 spiro atoms. The number of ether oxygens (including phenoxy) is 1. The number of aromatic nitrogens is 1. The monoisotopic (exact) mass is 267 g/mol. The number of likely N-dealkylation sites (tertiary alicyclic amines) is 1. The summed E-state index contributed by atoms with van der Waals surface area (Å²) in [5, 5.41) is 0.341. The number of rotatable bonds is 1. The van der Waals surface area contributed by atoms with E-state index in [1.54, 1.807) is 17.0 Å². The normalized spacial score (nSPS) is 26.4. The third-order valence-corrected chi connectivity index (χ3v) is 3.71. The van der Waals surface area contributed by atoms with Crippen LogP contribution in [0.3, 0.4) is 0 Å². The Bertz CT molecular complexity index is 482. The lowest BCUT2D eigenvalue weighted by Crippen LogP contribution is -2.46. The van der Waals surface area contributed by atoms with Crippen LogP contribution >= 0.6 is 11.6 Å². The molecule has 2 atom stereocenters. The second-order valence-corrected chi connectivity index (χ2v) is 5.14. The zero-order valence-electron chi connectivity index (χ0n) is 9.80. The molecule has 3 heterocycles. The summed E-state index contributed by atoms with van der Waals surface area (Å²) in [4.78, 5) is 18.2. The zero-order valence-corrected chi connectivity index (χ0v) is 10.6. The molecule has 6 heteroatoms. The lowest BCUT2D eigenvalue weighted by atomic mass is 10.2. The van der Waals surface area contributed by atoms with Crippen molar-refractivity contribution in [2.24, 2.45) is 0 Å². The average Bonchev–Trinajstić information content (AvgIpc) is 2.70. The van der Waals surface area contributed by atoms with Crippen LogP contribution in [0.1, 0.15) is 23.3 Å². The van der Waals surface area contributed by atoms with Gasteiger partial charge < -0.3 is 15.4 Å². The molecule has 0 radical (unpaired) electrons. The van der Waals surface area contributed by atoms with E-state index in [2.05, 4.69) is 4.98 Å². The summed E-state index contributed by atoms with van der Waals surface area (Å²) in [6.07, 6.45) is 2.36. The minimum Gasteiger partial charge on any atom is -0.384 e. The van der Waals surface area contributed by atoms with Crippen LogP contribution in [0, 0.1) is 0 Å². The van der Waals surface area contributed by atoms with Gasteiger partial charge in [0.2, 0.25) is 0 Å². The van der Waals surface area contributed by atoms with E-state index < -0.39 is 0 Å². The van der Waals surface area contributed by atoms with Gasteiger partial charge in [-0.3, -0.25) is 4.79 Å². The molecule has 2 bridgehead atoms. The molecule has 0 aliphatic carbocycles. The minimum atomic E-state index is -0.160. The molecule has 1 aromatic heterocycles. The average molecular weight is 268 g/mol. The van der Waals surface area contributed by atoms with E-state index in [4.69, 9.17) is 22.1 Å². The summed E-state index contributed by atoms with van der Waals surface area (Å²) < 4.78 is 5.70. The van der Waals surface area contributed by atoms with Crippen molar-refractivity contribution in [2.75, 3.05) is 18.8 Å². The smallest absolute Gasteiger partial charge is 0.274 e. The first kappa shape index (κ1) is 11.7. The third kappa shape index (κ3) is 2.04. The fraction of sp³-hybridized carbons (Fsp3) is 0.500. The maximum Gasteiger partial charge on any atom is 0.274 e. The molecule has 2 fully saturated rings. The van der Waals surface area contributed by atoms with Crippen LogP contribution in [0.4, 0.5) is 5.82 Å². The van der Waals surface area contributed by atoms with E-state index in [1.165, 1.54) is 0 Å². The number of nitrogens with zero attached hydrogens (tertiary/aromatic N) is 2. The first-order valence-electron chi connectivity index (χ1n) is 6.00. The Morgan fingerprint density at radius 2 is 2.06 bits per heavy atom. The van der Waals surface area contributed by atoms with E-state index >= 15 is 0 Å². The minimum absolute atomic E-state index is 0.160. The van der Waals surface area contributed by atoms with E-state index in [-0.39, 0.29) is 23.8 Å². The number of anilines is 1. The largest absolute Gasteiger partial charge is 0.384 e. The highest BCUT2D eigenvalue weighted by Gasteiger charge is 2.36. The highest BCUT2D eigenvalue weighted by Crippen LogP contribution is 2.28. The van der Waals surface area contributed by atoms with Gasteiger partial charge in [0.15, 0.2) is 0 Å². The van der Waals surface area contributed by atoms with Crippen molar-refractivity contribution >= 4 is 23.3 Å². The predicted molar refractivity (Wildman–Crippen MR) is 67.5 cm³/mol. The molecule has 2 N–H and O–H groups in total. The molecule has 96 valence electrons. The molecule has 2 aliphatic rings. The quantitative estimate of drug-likeness (QED) is 0.833. The van der Waals surface area contributed by atoms with Gasteiger partial charge in [0, 0.05) is 13.1 Å². The van der Waals surface area contributed by atoms with Crippen LogP contribution < -0.4 is 5.73 Å². The maximum atomic E-state index is 12.4. The molecule has 1 amide bonds. The number of pyridine rings is 1. The SMILES string of the molecule is Nc1ccc(Cl)c(C(=O)N2CC3CCC(C2)O3)n1. The number of hydrogen-bond donors (Lipinski definition) is 1. The van der Waals surface area contributed by atoms with Crippen LogP contribution in [0.15, 0.2) is 12.1 Å². The number of fused-ring (bicyclic) bond motifs is 2. The summed E-state index contributed by atoms with van der Waals surface area (Å²) in [7, 11) is 0. The molecule has 2 unspecified atom stereocenters. The first-order valence-corrected chi connectivity index (χ1v) is 6.38. The Morgan fingerprint density at radius 3 is 2.72 bits per heavy atom. The number of morpholine rings is 1. The topological polar surface area (TPSA) is 68.5 Å². The van der Waals surface area contributed by atoms with Crippen molar-refractivity contribution in [3.63, 3.8) is 0 Å². The Balaban J connectivity index is 1.84. The van der Waals surface area contributed by atoms with Crippen molar-refractivity contribution in [1.29, 1.82) is 0 Å². The van der Waals surface area contributed by atoms with E-state index in [0.29, 0.717) is 23.9 Å². The molecule has 3 rings (SSSR count). The highest BCUT2D eigenvalue weighted by molar-refractivity contribution is 6.33. The molecule has 18 heavy (non-hydrogen) atoms.